The van der Waals surface area contributed by atoms with E-state index in [0.29, 0.717) is 0 Å². The van der Waals surface area contributed by atoms with Crippen molar-refractivity contribution in [2.45, 2.75) is 12.6 Å². The summed E-state index contributed by atoms with van der Waals surface area (Å²) in [7, 11) is 0. The second-order valence-electron chi connectivity index (χ2n) is 2.13. The normalized spacial score (nSPS) is 23.6. The summed E-state index contributed by atoms with van der Waals surface area (Å²) in [4.78, 5) is 9.86. The van der Waals surface area contributed by atoms with Gasteiger partial charge in [0.1, 0.15) is 12.0 Å². The van der Waals surface area contributed by atoms with Gasteiger partial charge in [0, 0.05) is 6.42 Å². The molecule has 1 aliphatic carbocycles. The fourth-order valence-electron chi connectivity index (χ4n) is 0.871. The molecule has 1 atom stereocenters. The van der Waals surface area contributed by atoms with Crippen LogP contribution in [0.4, 0.5) is 8.78 Å². The van der Waals surface area contributed by atoms with Gasteiger partial charge in [0.15, 0.2) is 0 Å². The predicted octanol–water partition coefficient (Wildman–Crippen LogP) is 1.21. The minimum atomic E-state index is -1.43. The number of alkyl halides is 1. The maximum absolute atomic E-state index is 12.7. The molecule has 0 aromatic heterocycles. The number of carbonyl (C=O) groups is 1. The fraction of sp³-hybridized carbons (Fsp3) is 0.286. The Morgan fingerprint density at radius 2 is 2.45 bits per heavy atom. The Bertz CT molecular complexity index is 222. The van der Waals surface area contributed by atoms with Crippen LogP contribution in [0, 0.1) is 0 Å². The van der Waals surface area contributed by atoms with Gasteiger partial charge in [0.25, 0.3) is 0 Å². The molecule has 0 spiro atoms. The lowest BCUT2D eigenvalue weighted by molar-refractivity contribution is -0.109. The molecule has 11 heavy (non-hydrogen) atoms. The van der Waals surface area contributed by atoms with E-state index in [0.717, 1.165) is 6.08 Å². The first-order chi connectivity index (χ1) is 5.25. The van der Waals surface area contributed by atoms with Crippen molar-refractivity contribution in [3.05, 3.63) is 23.7 Å². The van der Waals surface area contributed by atoms with Gasteiger partial charge in [-0.15, -0.1) is 0 Å². The number of carbonyl (C=O) groups excluding carboxylic acids is 1. The summed E-state index contributed by atoms with van der Waals surface area (Å²) in [6, 6.07) is 0. The van der Waals surface area contributed by atoms with Gasteiger partial charge in [-0.2, -0.15) is 0 Å². The van der Waals surface area contributed by atoms with E-state index in [1.165, 1.54) is 6.08 Å². The highest BCUT2D eigenvalue weighted by atomic mass is 19.1. The molecule has 0 radical (unpaired) electrons. The Balaban J connectivity index is 2.81. The zero-order valence-electron chi connectivity index (χ0n) is 5.68. The van der Waals surface area contributed by atoms with Crippen LogP contribution in [-0.2, 0) is 4.79 Å². The standard InChI is InChI=1S/C7H7F2NO/c8-5-2-1-3-6(9)7(5)10-4-11/h1-2,4,6H,3H2,(H,10,11)/t6-/m0/s1. The van der Waals surface area contributed by atoms with Crippen molar-refractivity contribution in [3.63, 3.8) is 0 Å². The fourth-order valence-corrected chi connectivity index (χ4v) is 0.871. The number of hydrogen-bond donors (Lipinski definition) is 1. The van der Waals surface area contributed by atoms with Crippen LogP contribution < -0.4 is 5.32 Å². The first kappa shape index (κ1) is 7.91. The Kier molecular flexibility index (Phi) is 2.36. The largest absolute Gasteiger partial charge is 0.327 e. The molecule has 1 amide bonds. The third kappa shape index (κ3) is 1.63. The maximum atomic E-state index is 12.7. The SMILES string of the molecule is O=CNC1=C(F)C=CC[C@@H]1F. The Labute approximate surface area is 62.6 Å². The van der Waals surface area contributed by atoms with Crippen LogP contribution in [0.15, 0.2) is 23.7 Å². The van der Waals surface area contributed by atoms with E-state index in [2.05, 4.69) is 0 Å². The van der Waals surface area contributed by atoms with E-state index in [9.17, 15) is 13.6 Å². The smallest absolute Gasteiger partial charge is 0.211 e. The van der Waals surface area contributed by atoms with Gasteiger partial charge >= 0.3 is 0 Å². The molecule has 4 heteroatoms. The molecule has 0 aromatic carbocycles. The summed E-state index contributed by atoms with van der Waals surface area (Å²) in [6.45, 7) is 0. The molecule has 60 valence electrons. The zero-order chi connectivity index (χ0) is 8.27. The lowest BCUT2D eigenvalue weighted by Crippen LogP contribution is -2.22. The van der Waals surface area contributed by atoms with Crippen molar-refractivity contribution >= 4 is 6.41 Å². The summed E-state index contributed by atoms with van der Waals surface area (Å²) in [5.74, 6) is -0.712. The average molecular weight is 159 g/mol. The predicted molar refractivity (Wildman–Crippen MR) is 36.0 cm³/mol. The van der Waals surface area contributed by atoms with Gasteiger partial charge in [-0.3, -0.25) is 4.79 Å². The number of halogens is 2. The molecular formula is C7H7F2NO. The lowest BCUT2D eigenvalue weighted by Gasteiger charge is -2.13. The number of amides is 1. The van der Waals surface area contributed by atoms with Crippen LogP contribution in [0.5, 0.6) is 0 Å². The minimum Gasteiger partial charge on any atom is -0.327 e. The van der Waals surface area contributed by atoms with E-state index >= 15 is 0 Å². The molecule has 0 fully saturated rings. The third-order valence-corrected chi connectivity index (χ3v) is 1.39. The number of allylic oxidation sites excluding steroid dienone is 4. The molecule has 1 N–H and O–H groups in total. The second-order valence-corrected chi connectivity index (χ2v) is 2.13. The van der Waals surface area contributed by atoms with Gasteiger partial charge < -0.3 is 5.32 Å². The summed E-state index contributed by atoms with van der Waals surface area (Å²) >= 11 is 0. The molecule has 0 aromatic rings. The van der Waals surface area contributed by atoms with Gasteiger partial charge in [-0.25, -0.2) is 8.78 Å². The summed E-state index contributed by atoms with van der Waals surface area (Å²) in [5, 5.41) is 1.98. The number of rotatable bonds is 2. The molecule has 0 saturated heterocycles. The first-order valence-corrected chi connectivity index (χ1v) is 3.16. The van der Waals surface area contributed by atoms with Crippen LogP contribution in [0.1, 0.15) is 6.42 Å². The van der Waals surface area contributed by atoms with Crippen molar-refractivity contribution in [1.82, 2.24) is 5.32 Å². The van der Waals surface area contributed by atoms with Crippen LogP contribution >= 0.6 is 0 Å². The highest BCUT2D eigenvalue weighted by Crippen LogP contribution is 2.20. The van der Waals surface area contributed by atoms with Crippen molar-refractivity contribution in [1.29, 1.82) is 0 Å². The molecule has 0 heterocycles. The number of hydrogen-bond acceptors (Lipinski definition) is 1. The van der Waals surface area contributed by atoms with E-state index in [1.807, 2.05) is 5.32 Å². The van der Waals surface area contributed by atoms with Crippen LogP contribution in [0.3, 0.4) is 0 Å². The van der Waals surface area contributed by atoms with Crippen LogP contribution in [-0.4, -0.2) is 12.6 Å². The molecule has 0 saturated carbocycles. The van der Waals surface area contributed by atoms with Gasteiger partial charge in [-0.05, 0) is 6.08 Å². The Morgan fingerprint density at radius 3 is 3.00 bits per heavy atom. The number of nitrogens with one attached hydrogen (secondary N) is 1. The first-order valence-electron chi connectivity index (χ1n) is 3.16. The highest BCUT2D eigenvalue weighted by Gasteiger charge is 2.18. The topological polar surface area (TPSA) is 29.1 Å². The highest BCUT2D eigenvalue weighted by molar-refractivity contribution is 5.52. The second kappa shape index (κ2) is 3.27. The van der Waals surface area contributed by atoms with Gasteiger partial charge in [0.2, 0.25) is 6.41 Å². The minimum absolute atomic E-state index is 0.115. The quantitative estimate of drug-likeness (QED) is 0.603. The van der Waals surface area contributed by atoms with E-state index in [-0.39, 0.29) is 18.5 Å². The summed E-state index contributed by atoms with van der Waals surface area (Å²) in [5.41, 5.74) is -0.275. The molecule has 2 nitrogen and oxygen atoms in total. The lowest BCUT2D eigenvalue weighted by atomic mass is 10.1. The van der Waals surface area contributed by atoms with Crippen molar-refractivity contribution < 1.29 is 13.6 Å². The molecule has 0 unspecified atom stereocenters. The molecule has 0 bridgehead atoms. The zero-order valence-corrected chi connectivity index (χ0v) is 5.68. The van der Waals surface area contributed by atoms with Crippen molar-refractivity contribution in [2.24, 2.45) is 0 Å². The van der Waals surface area contributed by atoms with Gasteiger partial charge in [-0.1, -0.05) is 6.08 Å². The molecular weight excluding hydrogens is 152 g/mol. The Morgan fingerprint density at radius 1 is 1.73 bits per heavy atom. The van der Waals surface area contributed by atoms with E-state index in [1.54, 1.807) is 0 Å². The molecule has 1 rings (SSSR count). The summed E-state index contributed by atoms with van der Waals surface area (Å²) in [6.07, 6.45) is 1.48. The molecule has 0 aliphatic heterocycles. The van der Waals surface area contributed by atoms with E-state index in [4.69, 9.17) is 0 Å². The van der Waals surface area contributed by atoms with Gasteiger partial charge in [0.05, 0.1) is 5.70 Å². The third-order valence-electron chi connectivity index (χ3n) is 1.39. The maximum Gasteiger partial charge on any atom is 0.211 e. The molecule has 1 aliphatic rings. The van der Waals surface area contributed by atoms with E-state index < -0.39 is 12.0 Å². The van der Waals surface area contributed by atoms with Crippen LogP contribution in [0.2, 0.25) is 0 Å². The monoisotopic (exact) mass is 159 g/mol. The summed E-state index contributed by atoms with van der Waals surface area (Å²) < 4.78 is 25.3. The van der Waals surface area contributed by atoms with Crippen LogP contribution in [0.25, 0.3) is 0 Å². The van der Waals surface area contributed by atoms with Crippen molar-refractivity contribution in [3.8, 4) is 0 Å². The Hall–Kier alpha value is -1.19. The van der Waals surface area contributed by atoms with Crippen molar-refractivity contribution in [2.75, 3.05) is 0 Å². The average Bonchev–Trinajstić information content (AvgIpc) is 1.97.